The highest BCUT2D eigenvalue weighted by molar-refractivity contribution is 6.32. The minimum atomic E-state index is -0.806. The summed E-state index contributed by atoms with van der Waals surface area (Å²) in [7, 11) is 0. The molecule has 2 nitrogen and oxygen atoms in total. The Morgan fingerprint density at radius 1 is 1.40 bits per heavy atom. The van der Waals surface area contributed by atoms with Crippen LogP contribution in [0.3, 0.4) is 0 Å². The number of nitrogens with two attached hydrogens (primary N) is 1. The van der Waals surface area contributed by atoms with Crippen molar-refractivity contribution in [1.29, 1.82) is 0 Å². The topological polar surface area (TPSA) is 46.2 Å². The van der Waals surface area contributed by atoms with Crippen molar-refractivity contribution in [2.75, 3.05) is 5.73 Å². The highest BCUT2D eigenvalue weighted by Crippen LogP contribution is 2.39. The Morgan fingerprint density at radius 3 is 2.65 bits per heavy atom. The Bertz CT molecular complexity index is 704. The standard InChI is InChI=1S/C16H13ClFNO/c1-3-12-14(17)8-13(9(2)20)15(16(12)19)10-5-4-6-11(18)7-10/h1,4-9,20H,19H2,2H3. The maximum atomic E-state index is 13.4. The summed E-state index contributed by atoms with van der Waals surface area (Å²) in [5, 5.41) is 10.2. The number of terminal acetylenes is 1. The summed E-state index contributed by atoms with van der Waals surface area (Å²) >= 11 is 6.06. The molecule has 2 aromatic rings. The Labute approximate surface area is 122 Å². The number of aliphatic hydroxyl groups excluding tert-OH is 1. The molecular weight excluding hydrogens is 277 g/mol. The number of anilines is 1. The normalized spacial score (nSPS) is 11.9. The van der Waals surface area contributed by atoms with Crippen molar-refractivity contribution in [3.8, 4) is 23.5 Å². The van der Waals surface area contributed by atoms with Gasteiger partial charge in [0.25, 0.3) is 0 Å². The van der Waals surface area contributed by atoms with Crippen molar-refractivity contribution in [2.45, 2.75) is 13.0 Å². The van der Waals surface area contributed by atoms with Gasteiger partial charge < -0.3 is 10.8 Å². The number of benzene rings is 2. The fourth-order valence-corrected chi connectivity index (χ4v) is 2.41. The van der Waals surface area contributed by atoms with Crippen molar-refractivity contribution in [3.05, 3.63) is 52.3 Å². The summed E-state index contributed by atoms with van der Waals surface area (Å²) < 4.78 is 13.4. The van der Waals surface area contributed by atoms with E-state index >= 15 is 0 Å². The summed E-state index contributed by atoms with van der Waals surface area (Å²) in [4.78, 5) is 0. The molecule has 0 heterocycles. The van der Waals surface area contributed by atoms with Gasteiger partial charge in [0.1, 0.15) is 5.82 Å². The van der Waals surface area contributed by atoms with Crippen molar-refractivity contribution in [2.24, 2.45) is 0 Å². The van der Waals surface area contributed by atoms with Crippen molar-refractivity contribution in [3.63, 3.8) is 0 Å². The van der Waals surface area contributed by atoms with Gasteiger partial charge in [0, 0.05) is 5.56 Å². The lowest BCUT2D eigenvalue weighted by Gasteiger charge is -2.17. The van der Waals surface area contributed by atoms with Gasteiger partial charge in [0.15, 0.2) is 0 Å². The molecule has 0 saturated carbocycles. The molecule has 0 aliphatic heterocycles. The van der Waals surface area contributed by atoms with E-state index in [4.69, 9.17) is 23.8 Å². The Balaban J connectivity index is 2.83. The number of hydrogen-bond donors (Lipinski definition) is 2. The van der Waals surface area contributed by atoms with E-state index in [1.807, 2.05) is 0 Å². The Morgan fingerprint density at radius 2 is 2.10 bits per heavy atom. The smallest absolute Gasteiger partial charge is 0.123 e. The summed E-state index contributed by atoms with van der Waals surface area (Å²) in [5.74, 6) is 2.03. The van der Waals surface area contributed by atoms with Crippen LogP contribution in [0.15, 0.2) is 30.3 Å². The first-order valence-electron chi connectivity index (χ1n) is 5.98. The SMILES string of the molecule is C#Cc1c(Cl)cc(C(C)O)c(-c2cccc(F)c2)c1N. The molecule has 3 N–H and O–H groups in total. The van der Waals surface area contributed by atoms with E-state index in [1.165, 1.54) is 12.1 Å². The summed E-state index contributed by atoms with van der Waals surface area (Å²) in [6, 6.07) is 7.51. The molecular formula is C16H13ClFNO. The average Bonchev–Trinajstić information content (AvgIpc) is 2.38. The molecule has 4 heteroatoms. The molecule has 0 aliphatic rings. The van der Waals surface area contributed by atoms with Crippen LogP contribution in [0.25, 0.3) is 11.1 Å². The van der Waals surface area contributed by atoms with Gasteiger partial charge in [0.2, 0.25) is 0 Å². The zero-order chi connectivity index (χ0) is 14.9. The molecule has 0 aromatic heterocycles. The van der Waals surface area contributed by atoms with Crippen LogP contribution in [0.1, 0.15) is 24.2 Å². The number of rotatable bonds is 2. The van der Waals surface area contributed by atoms with E-state index in [2.05, 4.69) is 5.92 Å². The van der Waals surface area contributed by atoms with Crippen molar-refractivity contribution < 1.29 is 9.50 Å². The molecule has 0 bridgehead atoms. The largest absolute Gasteiger partial charge is 0.397 e. The lowest BCUT2D eigenvalue weighted by atomic mass is 9.92. The second-order valence-corrected chi connectivity index (χ2v) is 4.85. The third-order valence-corrected chi connectivity index (χ3v) is 3.35. The first-order chi connectivity index (χ1) is 9.45. The maximum Gasteiger partial charge on any atom is 0.123 e. The van der Waals surface area contributed by atoms with Gasteiger partial charge in [0.05, 0.1) is 22.4 Å². The molecule has 2 aromatic carbocycles. The predicted octanol–water partition coefficient (Wildman–Crippen LogP) is 3.76. The quantitative estimate of drug-likeness (QED) is 0.653. The van der Waals surface area contributed by atoms with Crippen LogP contribution in [-0.4, -0.2) is 5.11 Å². The van der Waals surface area contributed by atoms with E-state index in [0.29, 0.717) is 27.3 Å². The minimum absolute atomic E-state index is 0.265. The van der Waals surface area contributed by atoms with E-state index in [9.17, 15) is 9.50 Å². The molecule has 1 unspecified atom stereocenters. The van der Waals surface area contributed by atoms with Crippen molar-refractivity contribution >= 4 is 17.3 Å². The number of aliphatic hydroxyl groups is 1. The Hall–Kier alpha value is -2.02. The minimum Gasteiger partial charge on any atom is -0.397 e. The van der Waals surface area contributed by atoms with E-state index in [0.717, 1.165) is 0 Å². The third kappa shape index (κ3) is 2.49. The summed E-state index contributed by atoms with van der Waals surface area (Å²) in [5.41, 5.74) is 8.23. The van der Waals surface area contributed by atoms with E-state index in [-0.39, 0.29) is 5.69 Å². The van der Waals surface area contributed by atoms with Crippen molar-refractivity contribution in [1.82, 2.24) is 0 Å². The maximum absolute atomic E-state index is 13.4. The fourth-order valence-electron chi connectivity index (χ4n) is 2.13. The molecule has 1 atom stereocenters. The van der Waals surface area contributed by atoms with Gasteiger partial charge in [-0.1, -0.05) is 29.7 Å². The molecule has 0 aliphatic carbocycles. The van der Waals surface area contributed by atoms with Crippen LogP contribution in [0.5, 0.6) is 0 Å². The first-order valence-corrected chi connectivity index (χ1v) is 6.36. The monoisotopic (exact) mass is 289 g/mol. The molecule has 0 fully saturated rings. The van der Waals surface area contributed by atoms with Crippen LogP contribution in [0, 0.1) is 18.2 Å². The molecule has 0 radical (unpaired) electrons. The third-order valence-electron chi connectivity index (χ3n) is 3.06. The molecule has 0 saturated heterocycles. The van der Waals surface area contributed by atoms with Crippen LogP contribution in [0.4, 0.5) is 10.1 Å². The van der Waals surface area contributed by atoms with Gasteiger partial charge in [-0.05, 0) is 36.2 Å². The van der Waals surface area contributed by atoms with Gasteiger partial charge in [-0.25, -0.2) is 4.39 Å². The number of nitrogen functional groups attached to an aromatic ring is 1. The Kier molecular flexibility index (Phi) is 3.99. The van der Waals surface area contributed by atoms with Gasteiger partial charge >= 0.3 is 0 Å². The van der Waals surface area contributed by atoms with Gasteiger partial charge in [-0.2, -0.15) is 0 Å². The molecule has 20 heavy (non-hydrogen) atoms. The highest BCUT2D eigenvalue weighted by atomic mass is 35.5. The molecule has 102 valence electrons. The van der Waals surface area contributed by atoms with E-state index < -0.39 is 11.9 Å². The van der Waals surface area contributed by atoms with Crippen LogP contribution in [-0.2, 0) is 0 Å². The van der Waals surface area contributed by atoms with Gasteiger partial charge in [-0.15, -0.1) is 6.42 Å². The lowest BCUT2D eigenvalue weighted by molar-refractivity contribution is 0.200. The molecule has 0 amide bonds. The highest BCUT2D eigenvalue weighted by Gasteiger charge is 2.18. The second kappa shape index (κ2) is 5.54. The van der Waals surface area contributed by atoms with Crippen LogP contribution >= 0.6 is 11.6 Å². The van der Waals surface area contributed by atoms with E-state index in [1.54, 1.807) is 25.1 Å². The fraction of sp³-hybridized carbons (Fsp3) is 0.125. The number of hydrogen-bond acceptors (Lipinski definition) is 2. The zero-order valence-corrected chi connectivity index (χ0v) is 11.6. The molecule has 0 spiro atoms. The van der Waals surface area contributed by atoms with Crippen LogP contribution in [0.2, 0.25) is 5.02 Å². The predicted molar refractivity (Wildman–Crippen MR) is 79.8 cm³/mol. The second-order valence-electron chi connectivity index (χ2n) is 4.44. The summed E-state index contributed by atoms with van der Waals surface area (Å²) in [6.45, 7) is 1.59. The van der Waals surface area contributed by atoms with Gasteiger partial charge in [-0.3, -0.25) is 0 Å². The van der Waals surface area contributed by atoms with Crippen LogP contribution < -0.4 is 5.73 Å². The average molecular weight is 290 g/mol. The summed E-state index contributed by atoms with van der Waals surface area (Å²) in [6.07, 6.45) is 4.60. The first kappa shape index (κ1) is 14.4. The molecule has 2 rings (SSSR count). The number of halogens is 2. The lowest BCUT2D eigenvalue weighted by Crippen LogP contribution is -2.03. The zero-order valence-electron chi connectivity index (χ0n) is 10.8.